The fourth-order valence-electron chi connectivity index (χ4n) is 1.42. The summed E-state index contributed by atoms with van der Waals surface area (Å²) in [6.07, 6.45) is 4.05. The smallest absolute Gasteiger partial charge is 0.273 e. The van der Waals surface area contributed by atoms with Gasteiger partial charge in [-0.25, -0.2) is 0 Å². The Morgan fingerprint density at radius 3 is 3.11 bits per heavy atom. The lowest BCUT2D eigenvalue weighted by atomic mass is 10.2. The third-order valence-electron chi connectivity index (χ3n) is 2.36. The Balaban J connectivity index is 2.04. The highest BCUT2D eigenvalue weighted by Crippen LogP contribution is 2.18. The predicted octanol–water partition coefficient (Wildman–Crippen LogP) is 0.815. The van der Waals surface area contributed by atoms with Crippen LogP contribution in [0.2, 0.25) is 0 Å². The second-order valence-electron chi connectivity index (χ2n) is 3.72. The van der Waals surface area contributed by atoms with E-state index in [-0.39, 0.29) is 11.6 Å². The molecule has 18 heavy (non-hydrogen) atoms. The van der Waals surface area contributed by atoms with Crippen LogP contribution in [0.1, 0.15) is 16.9 Å². The summed E-state index contributed by atoms with van der Waals surface area (Å²) < 4.78 is 5.10. The number of rotatable bonds is 5. The Hall–Kier alpha value is -2.21. The van der Waals surface area contributed by atoms with E-state index in [0.29, 0.717) is 18.8 Å². The fraction of sp³-hybridized carbons (Fsp3) is 0.250. The zero-order valence-electron chi connectivity index (χ0n) is 9.80. The normalized spacial score (nSPS) is 10.3. The van der Waals surface area contributed by atoms with Crippen LogP contribution in [0.5, 0.6) is 0 Å². The molecule has 6 nitrogen and oxygen atoms in total. The van der Waals surface area contributed by atoms with Crippen LogP contribution in [0, 0.1) is 0 Å². The van der Waals surface area contributed by atoms with Gasteiger partial charge in [0.1, 0.15) is 0 Å². The summed E-state index contributed by atoms with van der Waals surface area (Å²) in [7, 11) is 0. The maximum Gasteiger partial charge on any atom is 0.273 e. The molecule has 0 aliphatic heterocycles. The van der Waals surface area contributed by atoms with Gasteiger partial charge in [-0.15, -0.1) is 0 Å². The van der Waals surface area contributed by atoms with Crippen molar-refractivity contribution in [2.24, 2.45) is 5.73 Å². The molecule has 0 saturated carbocycles. The highest BCUT2D eigenvalue weighted by Gasteiger charge is 2.12. The summed E-state index contributed by atoms with van der Waals surface area (Å²) in [5.41, 5.74) is 6.38. The second-order valence-corrected chi connectivity index (χ2v) is 3.72. The molecule has 0 saturated heterocycles. The number of nitrogens with two attached hydrogens (primary N) is 1. The van der Waals surface area contributed by atoms with E-state index in [4.69, 9.17) is 10.3 Å². The quantitative estimate of drug-likeness (QED) is 0.761. The number of carbonyl (C=O) groups excluding carboxylic acids is 1. The van der Waals surface area contributed by atoms with Crippen molar-refractivity contribution in [2.75, 3.05) is 13.1 Å². The number of amides is 1. The predicted molar refractivity (Wildman–Crippen MR) is 65.7 cm³/mol. The minimum Gasteiger partial charge on any atom is -0.355 e. The van der Waals surface area contributed by atoms with Gasteiger partial charge in [0, 0.05) is 30.6 Å². The number of pyridine rings is 1. The lowest BCUT2D eigenvalue weighted by Crippen LogP contribution is -2.26. The highest BCUT2D eigenvalue weighted by atomic mass is 16.5. The number of carbonyl (C=O) groups is 1. The van der Waals surface area contributed by atoms with Gasteiger partial charge >= 0.3 is 0 Å². The zero-order valence-corrected chi connectivity index (χ0v) is 9.80. The maximum absolute atomic E-state index is 11.7. The standard InChI is InChI=1S/C12H14N4O2/c13-4-2-6-15-12(17)10-7-11(18-16-10)9-3-1-5-14-8-9/h1,3,5,7-8H,2,4,6,13H2,(H,15,17). The lowest BCUT2D eigenvalue weighted by molar-refractivity contribution is 0.0944. The SMILES string of the molecule is NCCCNC(=O)c1cc(-c2cccnc2)on1. The number of hydrogen-bond acceptors (Lipinski definition) is 5. The Bertz CT molecular complexity index is 510. The second kappa shape index (κ2) is 5.92. The molecule has 6 heteroatoms. The molecule has 2 aromatic heterocycles. The van der Waals surface area contributed by atoms with E-state index < -0.39 is 0 Å². The van der Waals surface area contributed by atoms with Crippen molar-refractivity contribution in [3.8, 4) is 11.3 Å². The van der Waals surface area contributed by atoms with E-state index in [1.54, 1.807) is 24.5 Å². The van der Waals surface area contributed by atoms with Crippen molar-refractivity contribution in [1.29, 1.82) is 0 Å². The third-order valence-corrected chi connectivity index (χ3v) is 2.36. The van der Waals surface area contributed by atoms with Crippen LogP contribution in [0.25, 0.3) is 11.3 Å². The number of aromatic nitrogens is 2. The van der Waals surface area contributed by atoms with Gasteiger partial charge in [0.25, 0.3) is 5.91 Å². The molecular formula is C12H14N4O2. The van der Waals surface area contributed by atoms with Crippen molar-refractivity contribution in [3.63, 3.8) is 0 Å². The number of hydrogen-bond donors (Lipinski definition) is 2. The molecule has 2 rings (SSSR count). The van der Waals surface area contributed by atoms with Crippen LogP contribution >= 0.6 is 0 Å². The van der Waals surface area contributed by atoms with Gasteiger partial charge in [-0.2, -0.15) is 0 Å². The van der Waals surface area contributed by atoms with Gasteiger partial charge in [0.05, 0.1) is 0 Å². The molecule has 1 amide bonds. The van der Waals surface area contributed by atoms with Crippen molar-refractivity contribution in [1.82, 2.24) is 15.5 Å². The summed E-state index contributed by atoms with van der Waals surface area (Å²) >= 11 is 0. The average molecular weight is 246 g/mol. The maximum atomic E-state index is 11.7. The van der Waals surface area contributed by atoms with E-state index in [9.17, 15) is 4.79 Å². The molecule has 0 bridgehead atoms. The Morgan fingerprint density at radius 2 is 2.39 bits per heavy atom. The Labute approximate surface area is 104 Å². The molecule has 3 N–H and O–H groups in total. The van der Waals surface area contributed by atoms with E-state index in [2.05, 4.69) is 15.5 Å². The van der Waals surface area contributed by atoms with Crippen molar-refractivity contribution in [3.05, 3.63) is 36.3 Å². The molecule has 0 fully saturated rings. The first-order chi connectivity index (χ1) is 8.81. The van der Waals surface area contributed by atoms with Crippen LogP contribution in [0.15, 0.2) is 35.1 Å². The van der Waals surface area contributed by atoms with Crippen LogP contribution in [0.3, 0.4) is 0 Å². The molecule has 94 valence electrons. The third kappa shape index (κ3) is 2.92. The molecule has 0 aromatic carbocycles. The van der Waals surface area contributed by atoms with Crippen molar-refractivity contribution >= 4 is 5.91 Å². The molecule has 0 aliphatic rings. The molecule has 2 heterocycles. The van der Waals surface area contributed by atoms with Gasteiger partial charge in [0.15, 0.2) is 11.5 Å². The molecule has 2 aromatic rings. The van der Waals surface area contributed by atoms with Gasteiger partial charge in [-0.1, -0.05) is 5.16 Å². The molecule has 0 aliphatic carbocycles. The monoisotopic (exact) mass is 246 g/mol. The highest BCUT2D eigenvalue weighted by molar-refractivity contribution is 5.93. The Morgan fingerprint density at radius 1 is 1.50 bits per heavy atom. The van der Waals surface area contributed by atoms with Crippen LogP contribution in [-0.4, -0.2) is 29.1 Å². The van der Waals surface area contributed by atoms with E-state index in [1.165, 1.54) is 0 Å². The molecule has 0 unspecified atom stereocenters. The van der Waals surface area contributed by atoms with Crippen LogP contribution in [0.4, 0.5) is 0 Å². The summed E-state index contributed by atoms with van der Waals surface area (Å²) in [4.78, 5) is 15.6. The zero-order chi connectivity index (χ0) is 12.8. The minimum atomic E-state index is -0.262. The van der Waals surface area contributed by atoms with Gasteiger partial charge in [0.2, 0.25) is 0 Å². The van der Waals surface area contributed by atoms with Gasteiger partial charge in [-0.3, -0.25) is 9.78 Å². The van der Waals surface area contributed by atoms with Gasteiger partial charge < -0.3 is 15.6 Å². The number of nitrogens with one attached hydrogen (secondary N) is 1. The van der Waals surface area contributed by atoms with Crippen LogP contribution in [-0.2, 0) is 0 Å². The minimum absolute atomic E-state index is 0.255. The summed E-state index contributed by atoms with van der Waals surface area (Å²) in [6.45, 7) is 1.07. The summed E-state index contributed by atoms with van der Waals surface area (Å²) in [5.74, 6) is 0.259. The summed E-state index contributed by atoms with van der Waals surface area (Å²) in [5, 5.41) is 6.43. The molecule has 0 spiro atoms. The van der Waals surface area contributed by atoms with Gasteiger partial charge in [-0.05, 0) is 25.1 Å². The molecule has 0 atom stereocenters. The summed E-state index contributed by atoms with van der Waals surface area (Å²) in [6, 6.07) is 5.22. The Kier molecular flexibility index (Phi) is 4.03. The first kappa shape index (κ1) is 12.3. The topological polar surface area (TPSA) is 94.0 Å². The number of nitrogens with zero attached hydrogens (tertiary/aromatic N) is 2. The van der Waals surface area contributed by atoms with Crippen LogP contribution < -0.4 is 11.1 Å². The fourth-order valence-corrected chi connectivity index (χ4v) is 1.42. The molecular weight excluding hydrogens is 232 g/mol. The van der Waals surface area contributed by atoms with E-state index in [1.807, 2.05) is 6.07 Å². The first-order valence-electron chi connectivity index (χ1n) is 5.66. The lowest BCUT2D eigenvalue weighted by Gasteiger charge is -1.99. The van der Waals surface area contributed by atoms with E-state index in [0.717, 1.165) is 12.0 Å². The molecule has 0 radical (unpaired) electrons. The largest absolute Gasteiger partial charge is 0.355 e. The first-order valence-corrected chi connectivity index (χ1v) is 5.66. The average Bonchev–Trinajstić information content (AvgIpc) is 2.89. The van der Waals surface area contributed by atoms with E-state index >= 15 is 0 Å². The van der Waals surface area contributed by atoms with Crippen molar-refractivity contribution < 1.29 is 9.32 Å². The van der Waals surface area contributed by atoms with Crippen molar-refractivity contribution in [2.45, 2.75) is 6.42 Å².